The molecule has 1 heterocycles. The lowest BCUT2D eigenvalue weighted by molar-refractivity contribution is 0.121. The second-order valence-corrected chi connectivity index (χ2v) is 4.61. The first-order valence-electron chi connectivity index (χ1n) is 5.59. The van der Waals surface area contributed by atoms with Gasteiger partial charge < -0.3 is 5.32 Å². The number of hydrogen-bond donors (Lipinski definition) is 1. The molecule has 1 aromatic rings. The molecule has 0 spiro atoms. The summed E-state index contributed by atoms with van der Waals surface area (Å²) in [7, 11) is 0. The van der Waals surface area contributed by atoms with Gasteiger partial charge in [-0.1, -0.05) is 29.8 Å². The number of nitrogens with one attached hydrogen (secondary N) is 1. The lowest BCUT2D eigenvalue weighted by atomic mass is 9.82. The van der Waals surface area contributed by atoms with Gasteiger partial charge in [-0.05, 0) is 38.8 Å². The van der Waals surface area contributed by atoms with E-state index in [1.807, 2.05) is 32.0 Å². The van der Waals surface area contributed by atoms with E-state index in [1.165, 1.54) is 5.56 Å². The molecule has 1 N–H and O–H groups in total. The third-order valence-corrected chi connectivity index (χ3v) is 3.37. The van der Waals surface area contributed by atoms with Gasteiger partial charge in [-0.25, -0.2) is 4.39 Å². The highest BCUT2D eigenvalue weighted by Crippen LogP contribution is 2.32. The third-order valence-electron chi connectivity index (χ3n) is 3.37. The summed E-state index contributed by atoms with van der Waals surface area (Å²) >= 11 is 0. The van der Waals surface area contributed by atoms with E-state index in [-0.39, 0.29) is 0 Å². The number of halogens is 1. The molecule has 82 valence electrons. The topological polar surface area (TPSA) is 12.0 Å². The van der Waals surface area contributed by atoms with Crippen LogP contribution in [0.4, 0.5) is 4.39 Å². The molecule has 0 saturated carbocycles. The molecule has 2 heteroatoms. The quantitative estimate of drug-likeness (QED) is 0.746. The van der Waals surface area contributed by atoms with Gasteiger partial charge in [0.1, 0.15) is 6.17 Å². The van der Waals surface area contributed by atoms with Crippen molar-refractivity contribution in [3.05, 3.63) is 35.4 Å². The molecule has 0 aliphatic carbocycles. The van der Waals surface area contributed by atoms with Crippen molar-refractivity contribution in [1.82, 2.24) is 5.32 Å². The summed E-state index contributed by atoms with van der Waals surface area (Å²) in [5, 5.41) is 3.31. The fourth-order valence-electron chi connectivity index (χ4n) is 2.28. The summed E-state index contributed by atoms with van der Waals surface area (Å²) in [5.74, 6) is 0. The maximum atomic E-state index is 14.0. The summed E-state index contributed by atoms with van der Waals surface area (Å²) in [4.78, 5) is 0. The Bertz CT molecular complexity index is 350. The molecule has 2 atom stereocenters. The van der Waals surface area contributed by atoms with Crippen molar-refractivity contribution in [3.63, 3.8) is 0 Å². The summed E-state index contributed by atoms with van der Waals surface area (Å²) in [6.45, 7) is 4.92. The minimum Gasteiger partial charge on any atom is -0.305 e. The maximum absolute atomic E-state index is 14.0. The zero-order valence-corrected chi connectivity index (χ0v) is 9.39. The van der Waals surface area contributed by atoms with Gasteiger partial charge in [0, 0.05) is 0 Å². The number of aryl methyl sites for hydroxylation is 1. The highest BCUT2D eigenvalue weighted by Gasteiger charge is 2.37. The lowest BCUT2D eigenvalue weighted by Crippen LogP contribution is -2.51. The highest BCUT2D eigenvalue weighted by molar-refractivity contribution is 5.30. The van der Waals surface area contributed by atoms with Crippen molar-refractivity contribution in [1.29, 1.82) is 0 Å². The standard InChI is InChI=1S/C13H18FN/c1-10-5-3-6-11(9-10)13(2)12(14)7-4-8-15-13/h3,5-6,9,12,15H,4,7-8H2,1-2H3. The van der Waals surface area contributed by atoms with Crippen LogP contribution in [0, 0.1) is 6.92 Å². The van der Waals surface area contributed by atoms with Crippen molar-refractivity contribution in [2.75, 3.05) is 6.54 Å². The monoisotopic (exact) mass is 207 g/mol. The van der Waals surface area contributed by atoms with Crippen LogP contribution in [0.15, 0.2) is 24.3 Å². The molecule has 1 aliphatic heterocycles. The van der Waals surface area contributed by atoms with Gasteiger partial charge in [0.15, 0.2) is 0 Å². The summed E-state index contributed by atoms with van der Waals surface area (Å²) in [6.07, 6.45) is 0.813. The molecule has 1 aromatic carbocycles. The van der Waals surface area contributed by atoms with E-state index < -0.39 is 11.7 Å². The van der Waals surface area contributed by atoms with Gasteiger partial charge in [-0.2, -0.15) is 0 Å². The first-order valence-corrected chi connectivity index (χ1v) is 5.59. The average molecular weight is 207 g/mol. The van der Waals surface area contributed by atoms with Crippen LogP contribution < -0.4 is 5.32 Å². The molecule has 1 fully saturated rings. The Labute approximate surface area is 90.7 Å². The van der Waals surface area contributed by atoms with E-state index in [9.17, 15) is 4.39 Å². The van der Waals surface area contributed by atoms with Crippen LogP contribution >= 0.6 is 0 Å². The second kappa shape index (κ2) is 3.93. The predicted octanol–water partition coefficient (Wildman–Crippen LogP) is 2.93. The van der Waals surface area contributed by atoms with Crippen LogP contribution in [0.1, 0.15) is 30.9 Å². The fourth-order valence-corrected chi connectivity index (χ4v) is 2.28. The molecular formula is C13H18FN. The van der Waals surface area contributed by atoms with Gasteiger partial charge >= 0.3 is 0 Å². The smallest absolute Gasteiger partial charge is 0.122 e. The number of benzene rings is 1. The Balaban J connectivity index is 2.34. The van der Waals surface area contributed by atoms with Gasteiger partial charge in [0.25, 0.3) is 0 Å². The van der Waals surface area contributed by atoms with Crippen LogP contribution in [0.2, 0.25) is 0 Å². The zero-order chi connectivity index (χ0) is 10.9. The largest absolute Gasteiger partial charge is 0.305 e. The van der Waals surface area contributed by atoms with Gasteiger partial charge in [-0.3, -0.25) is 0 Å². The van der Waals surface area contributed by atoms with Crippen LogP contribution in [-0.2, 0) is 5.54 Å². The molecule has 0 amide bonds. The third kappa shape index (κ3) is 1.91. The van der Waals surface area contributed by atoms with Crippen molar-refractivity contribution in [3.8, 4) is 0 Å². The summed E-state index contributed by atoms with van der Waals surface area (Å²) < 4.78 is 14.0. The van der Waals surface area contributed by atoms with Crippen molar-refractivity contribution >= 4 is 0 Å². The normalized spacial score (nSPS) is 31.5. The minimum atomic E-state index is -0.784. The van der Waals surface area contributed by atoms with Crippen LogP contribution in [0.3, 0.4) is 0 Å². The van der Waals surface area contributed by atoms with Gasteiger partial charge in [-0.15, -0.1) is 0 Å². The van der Waals surface area contributed by atoms with E-state index in [0.717, 1.165) is 18.5 Å². The van der Waals surface area contributed by atoms with Crippen molar-refractivity contribution in [2.45, 2.75) is 38.4 Å². The Hall–Kier alpha value is -0.890. The first-order chi connectivity index (χ1) is 7.13. The SMILES string of the molecule is Cc1cccc(C2(C)NCCCC2F)c1. The number of hydrogen-bond acceptors (Lipinski definition) is 1. The van der Waals surface area contributed by atoms with Crippen molar-refractivity contribution < 1.29 is 4.39 Å². The molecule has 1 saturated heterocycles. The molecule has 1 nitrogen and oxygen atoms in total. The van der Waals surface area contributed by atoms with Crippen molar-refractivity contribution in [2.24, 2.45) is 0 Å². The molecular weight excluding hydrogens is 189 g/mol. The first kappa shape index (κ1) is 10.6. The molecule has 0 aromatic heterocycles. The Morgan fingerprint density at radius 1 is 1.47 bits per heavy atom. The van der Waals surface area contributed by atoms with Crippen LogP contribution in [-0.4, -0.2) is 12.7 Å². The molecule has 2 unspecified atom stereocenters. The van der Waals surface area contributed by atoms with E-state index in [2.05, 4.69) is 11.4 Å². The number of piperidine rings is 1. The van der Waals surface area contributed by atoms with E-state index in [4.69, 9.17) is 0 Å². The fraction of sp³-hybridized carbons (Fsp3) is 0.538. The van der Waals surface area contributed by atoms with Gasteiger partial charge in [0.2, 0.25) is 0 Å². The second-order valence-electron chi connectivity index (χ2n) is 4.61. The highest BCUT2D eigenvalue weighted by atomic mass is 19.1. The van der Waals surface area contributed by atoms with E-state index in [0.29, 0.717) is 6.42 Å². The van der Waals surface area contributed by atoms with Gasteiger partial charge in [0.05, 0.1) is 5.54 Å². The lowest BCUT2D eigenvalue weighted by Gasteiger charge is -2.38. The van der Waals surface area contributed by atoms with E-state index >= 15 is 0 Å². The molecule has 0 radical (unpaired) electrons. The summed E-state index contributed by atoms with van der Waals surface area (Å²) in [5.41, 5.74) is 1.76. The number of alkyl halides is 1. The van der Waals surface area contributed by atoms with Crippen LogP contribution in [0.25, 0.3) is 0 Å². The maximum Gasteiger partial charge on any atom is 0.122 e. The predicted molar refractivity (Wildman–Crippen MR) is 60.7 cm³/mol. The average Bonchev–Trinajstić information content (AvgIpc) is 2.23. The molecule has 0 bridgehead atoms. The van der Waals surface area contributed by atoms with E-state index in [1.54, 1.807) is 0 Å². The molecule has 15 heavy (non-hydrogen) atoms. The molecule has 1 aliphatic rings. The molecule has 2 rings (SSSR count). The Morgan fingerprint density at radius 2 is 2.27 bits per heavy atom. The Kier molecular flexibility index (Phi) is 2.79. The summed E-state index contributed by atoms with van der Waals surface area (Å²) in [6, 6.07) is 8.13. The Morgan fingerprint density at radius 3 is 2.93 bits per heavy atom. The minimum absolute atomic E-state index is 0.496. The number of rotatable bonds is 1. The van der Waals surface area contributed by atoms with Crippen LogP contribution in [0.5, 0.6) is 0 Å². The zero-order valence-electron chi connectivity index (χ0n) is 9.39.